The molecule has 7 heteroatoms. The Hall–Kier alpha value is -3.30. The molecule has 0 bridgehead atoms. The summed E-state index contributed by atoms with van der Waals surface area (Å²) in [7, 11) is 0. The number of unbranched alkanes of at least 4 members (excludes halogenated alkanes) is 2. The van der Waals surface area contributed by atoms with E-state index in [0.717, 1.165) is 24.8 Å². The van der Waals surface area contributed by atoms with Gasteiger partial charge in [-0.25, -0.2) is 14.4 Å². The second kappa shape index (κ2) is 10.5. The highest BCUT2D eigenvalue weighted by molar-refractivity contribution is 6.32. The molecule has 154 valence electrons. The summed E-state index contributed by atoms with van der Waals surface area (Å²) >= 11 is 6.34. The molecule has 3 aromatic rings. The Labute approximate surface area is 180 Å². The number of hydrogen-bond acceptors (Lipinski definition) is 5. The first-order valence-corrected chi connectivity index (χ1v) is 9.97. The van der Waals surface area contributed by atoms with Crippen molar-refractivity contribution in [3.8, 4) is 17.6 Å². The molecular formula is C23H22ClFN4O. The Morgan fingerprint density at radius 1 is 1.20 bits per heavy atom. The highest BCUT2D eigenvalue weighted by Gasteiger charge is 2.09. The number of ether oxygens (including phenoxy) is 1. The quantitative estimate of drug-likeness (QED) is 0.375. The Bertz CT molecular complexity index is 1080. The maximum Gasteiger partial charge on any atom is 0.158 e. The maximum absolute atomic E-state index is 13.3. The average molecular weight is 425 g/mol. The molecule has 30 heavy (non-hydrogen) atoms. The molecule has 3 rings (SSSR count). The predicted molar refractivity (Wildman–Crippen MR) is 118 cm³/mol. The van der Waals surface area contributed by atoms with Crippen LogP contribution in [-0.2, 0) is 6.61 Å². The number of rotatable bonds is 7. The van der Waals surface area contributed by atoms with Gasteiger partial charge >= 0.3 is 0 Å². The average Bonchev–Trinajstić information content (AvgIpc) is 2.73. The van der Waals surface area contributed by atoms with Crippen molar-refractivity contribution in [3.63, 3.8) is 0 Å². The van der Waals surface area contributed by atoms with Crippen LogP contribution in [0.3, 0.4) is 0 Å². The number of nitrogens with two attached hydrogens (primary N) is 1. The molecule has 0 amide bonds. The monoisotopic (exact) mass is 424 g/mol. The van der Waals surface area contributed by atoms with Crippen LogP contribution in [0.25, 0.3) is 0 Å². The number of aromatic nitrogens is 2. The molecule has 0 spiro atoms. The molecule has 0 saturated carbocycles. The molecule has 2 aromatic carbocycles. The molecule has 0 aliphatic carbocycles. The Morgan fingerprint density at radius 3 is 2.83 bits per heavy atom. The lowest BCUT2D eigenvalue weighted by Crippen LogP contribution is -2.03. The number of benzene rings is 2. The van der Waals surface area contributed by atoms with Crippen LogP contribution >= 0.6 is 11.6 Å². The van der Waals surface area contributed by atoms with Gasteiger partial charge < -0.3 is 15.8 Å². The second-order valence-corrected chi connectivity index (χ2v) is 6.99. The Balaban J connectivity index is 1.69. The van der Waals surface area contributed by atoms with Gasteiger partial charge in [-0.1, -0.05) is 43.0 Å². The van der Waals surface area contributed by atoms with Gasteiger partial charge in [-0.05, 0) is 48.2 Å². The zero-order valence-corrected chi connectivity index (χ0v) is 17.3. The number of nitrogens with one attached hydrogen (secondary N) is 1. The fourth-order valence-corrected chi connectivity index (χ4v) is 2.86. The minimum absolute atomic E-state index is 0.211. The van der Waals surface area contributed by atoms with Crippen LogP contribution in [0.1, 0.15) is 37.4 Å². The van der Waals surface area contributed by atoms with Crippen LogP contribution in [0.5, 0.6) is 5.75 Å². The van der Waals surface area contributed by atoms with Crippen molar-refractivity contribution >= 4 is 28.8 Å². The van der Waals surface area contributed by atoms with Gasteiger partial charge in [0.05, 0.1) is 5.02 Å². The fourth-order valence-electron chi connectivity index (χ4n) is 2.63. The van der Waals surface area contributed by atoms with E-state index in [1.807, 2.05) is 0 Å². The van der Waals surface area contributed by atoms with Gasteiger partial charge in [0.2, 0.25) is 0 Å². The summed E-state index contributed by atoms with van der Waals surface area (Å²) in [4.78, 5) is 8.34. The first-order chi connectivity index (χ1) is 14.6. The SMILES string of the molecule is CCCCC#Cc1ncnc(Nc2ccc(OCc3cccc(F)c3)c(Cl)c2)c1N. The van der Waals surface area contributed by atoms with E-state index in [4.69, 9.17) is 22.1 Å². The molecule has 3 N–H and O–H groups in total. The Morgan fingerprint density at radius 2 is 2.07 bits per heavy atom. The maximum atomic E-state index is 13.3. The number of nitrogen functional groups attached to an aromatic ring is 1. The van der Waals surface area contributed by atoms with Crippen LogP contribution in [0.15, 0.2) is 48.8 Å². The van der Waals surface area contributed by atoms with Crippen molar-refractivity contribution in [1.29, 1.82) is 0 Å². The molecule has 0 unspecified atom stereocenters. The van der Waals surface area contributed by atoms with Crippen LogP contribution in [-0.4, -0.2) is 9.97 Å². The third kappa shape index (κ3) is 5.85. The molecule has 0 saturated heterocycles. The summed E-state index contributed by atoms with van der Waals surface area (Å²) in [5, 5.41) is 3.54. The van der Waals surface area contributed by atoms with E-state index < -0.39 is 0 Å². The molecule has 0 aliphatic heterocycles. The van der Waals surface area contributed by atoms with E-state index in [9.17, 15) is 4.39 Å². The van der Waals surface area contributed by atoms with Crippen molar-refractivity contribution < 1.29 is 9.13 Å². The van der Waals surface area contributed by atoms with Crippen LogP contribution in [0.2, 0.25) is 5.02 Å². The first-order valence-electron chi connectivity index (χ1n) is 9.60. The van der Waals surface area contributed by atoms with Crippen LogP contribution in [0, 0.1) is 17.7 Å². The van der Waals surface area contributed by atoms with Gasteiger partial charge in [-0.15, -0.1) is 0 Å². The summed E-state index contributed by atoms with van der Waals surface area (Å²) in [6, 6.07) is 11.5. The topological polar surface area (TPSA) is 73.1 Å². The summed E-state index contributed by atoms with van der Waals surface area (Å²) < 4.78 is 19.0. The number of anilines is 3. The standard InChI is InChI=1S/C23H22ClFN4O/c1-2-3-4-5-9-20-22(26)23(28-15-27-20)29-18-10-11-21(19(24)13-18)30-14-16-7-6-8-17(25)12-16/h6-8,10-13,15H,2-4,14,26H2,1H3,(H,27,28,29). The molecule has 5 nitrogen and oxygen atoms in total. The van der Waals surface area contributed by atoms with Crippen LogP contribution < -0.4 is 15.8 Å². The fraction of sp³-hybridized carbons (Fsp3) is 0.217. The smallest absolute Gasteiger partial charge is 0.158 e. The van der Waals surface area contributed by atoms with Crippen molar-refractivity contribution in [2.75, 3.05) is 11.1 Å². The predicted octanol–water partition coefficient (Wildman–Crippen LogP) is 5.72. The minimum Gasteiger partial charge on any atom is -0.487 e. The zero-order valence-electron chi connectivity index (χ0n) is 16.6. The van der Waals surface area contributed by atoms with Crippen LogP contribution in [0.4, 0.5) is 21.6 Å². The van der Waals surface area contributed by atoms with Gasteiger partial charge in [-0.3, -0.25) is 0 Å². The molecule has 0 radical (unpaired) electrons. The molecule has 1 aromatic heterocycles. The lowest BCUT2D eigenvalue weighted by molar-refractivity contribution is 0.306. The van der Waals surface area contributed by atoms with Gasteiger partial charge in [0.1, 0.15) is 35.9 Å². The second-order valence-electron chi connectivity index (χ2n) is 6.58. The Kier molecular flexibility index (Phi) is 7.47. The normalized spacial score (nSPS) is 10.2. The third-order valence-electron chi connectivity index (χ3n) is 4.22. The van der Waals surface area contributed by atoms with E-state index in [-0.39, 0.29) is 12.4 Å². The van der Waals surface area contributed by atoms with E-state index in [2.05, 4.69) is 34.0 Å². The lowest BCUT2D eigenvalue weighted by atomic mass is 10.2. The zero-order chi connectivity index (χ0) is 21.3. The van der Waals surface area contributed by atoms with E-state index in [1.165, 1.54) is 18.5 Å². The largest absolute Gasteiger partial charge is 0.487 e. The highest BCUT2D eigenvalue weighted by atomic mass is 35.5. The molecule has 0 fully saturated rings. The van der Waals surface area contributed by atoms with Gasteiger partial charge in [0.25, 0.3) is 0 Å². The van der Waals surface area contributed by atoms with Crippen molar-refractivity contribution in [3.05, 3.63) is 70.9 Å². The van der Waals surface area contributed by atoms with Crippen molar-refractivity contribution in [2.45, 2.75) is 32.8 Å². The van der Waals surface area contributed by atoms with Crippen molar-refractivity contribution in [2.24, 2.45) is 0 Å². The summed E-state index contributed by atoms with van der Waals surface area (Å²) in [5.74, 6) is 6.70. The number of halogens is 2. The molecule has 0 aliphatic rings. The first kappa shape index (κ1) is 21.4. The summed E-state index contributed by atoms with van der Waals surface area (Å²) in [6.07, 6.45) is 4.34. The summed E-state index contributed by atoms with van der Waals surface area (Å²) in [6.45, 7) is 2.33. The minimum atomic E-state index is -0.307. The molecule has 1 heterocycles. The number of hydrogen-bond donors (Lipinski definition) is 2. The molecular weight excluding hydrogens is 403 g/mol. The van der Waals surface area contributed by atoms with E-state index in [0.29, 0.717) is 33.7 Å². The van der Waals surface area contributed by atoms with Gasteiger partial charge in [0, 0.05) is 12.1 Å². The van der Waals surface area contributed by atoms with E-state index >= 15 is 0 Å². The van der Waals surface area contributed by atoms with E-state index in [1.54, 1.807) is 30.3 Å². The lowest BCUT2D eigenvalue weighted by Gasteiger charge is -2.12. The molecule has 0 atom stereocenters. The number of nitrogens with zero attached hydrogens (tertiary/aromatic N) is 2. The van der Waals surface area contributed by atoms with Gasteiger partial charge in [0.15, 0.2) is 5.82 Å². The van der Waals surface area contributed by atoms with Crippen molar-refractivity contribution in [1.82, 2.24) is 9.97 Å². The highest BCUT2D eigenvalue weighted by Crippen LogP contribution is 2.30. The summed E-state index contributed by atoms with van der Waals surface area (Å²) in [5.41, 5.74) is 8.43. The van der Waals surface area contributed by atoms with Gasteiger partial charge in [-0.2, -0.15) is 0 Å². The third-order valence-corrected chi connectivity index (χ3v) is 4.52.